The maximum absolute atomic E-state index is 12.2. The van der Waals surface area contributed by atoms with Crippen molar-refractivity contribution in [3.8, 4) is 11.4 Å². The van der Waals surface area contributed by atoms with E-state index >= 15 is 0 Å². The summed E-state index contributed by atoms with van der Waals surface area (Å²) in [7, 11) is 0. The number of tetrazole rings is 1. The molecule has 3 rings (SSSR count). The van der Waals surface area contributed by atoms with Crippen molar-refractivity contribution < 1.29 is 9.53 Å². The van der Waals surface area contributed by atoms with E-state index in [1.807, 2.05) is 54.8 Å². The van der Waals surface area contributed by atoms with E-state index in [0.29, 0.717) is 22.5 Å². The highest BCUT2D eigenvalue weighted by Gasteiger charge is 2.09. The van der Waals surface area contributed by atoms with Gasteiger partial charge in [0.2, 0.25) is 5.16 Å². The Hall–Kier alpha value is -2.87. The number of amides is 1. The number of benzene rings is 2. The average molecular weight is 383 g/mol. The summed E-state index contributed by atoms with van der Waals surface area (Å²) in [6.07, 6.45) is 1.90. The van der Waals surface area contributed by atoms with Crippen LogP contribution in [0.2, 0.25) is 0 Å². The molecule has 0 aliphatic heterocycles. The predicted octanol–water partition coefficient (Wildman–Crippen LogP) is 3.53. The van der Waals surface area contributed by atoms with Gasteiger partial charge >= 0.3 is 0 Å². The van der Waals surface area contributed by atoms with Crippen LogP contribution in [0, 0.1) is 0 Å². The fourth-order valence-electron chi connectivity index (χ4n) is 2.49. The normalized spacial score (nSPS) is 10.8. The van der Waals surface area contributed by atoms with E-state index < -0.39 is 0 Å². The first-order valence-electron chi connectivity index (χ1n) is 8.52. The molecule has 8 heteroatoms. The number of ether oxygens (including phenoxy) is 1. The Morgan fingerprint density at radius 1 is 1.22 bits per heavy atom. The molecule has 1 N–H and O–H groups in total. The summed E-state index contributed by atoms with van der Waals surface area (Å²) in [5, 5.41) is 15.1. The Kier molecular flexibility index (Phi) is 6.08. The molecule has 0 bridgehead atoms. The third-order valence-electron chi connectivity index (χ3n) is 3.89. The second kappa shape index (κ2) is 8.68. The lowest BCUT2D eigenvalue weighted by Crippen LogP contribution is -2.20. The number of nitrogens with one attached hydrogen (secondary N) is 1. The van der Waals surface area contributed by atoms with Gasteiger partial charge in [0, 0.05) is 5.69 Å². The molecule has 7 nitrogen and oxygen atoms in total. The van der Waals surface area contributed by atoms with Crippen molar-refractivity contribution in [2.45, 2.75) is 24.9 Å². The van der Waals surface area contributed by atoms with Crippen LogP contribution < -0.4 is 10.1 Å². The Bertz CT molecular complexity index is 926. The van der Waals surface area contributed by atoms with Gasteiger partial charge in [-0.2, -0.15) is 4.68 Å². The van der Waals surface area contributed by atoms with Gasteiger partial charge in [0.1, 0.15) is 5.75 Å². The monoisotopic (exact) mass is 383 g/mol. The molecule has 0 aliphatic rings. The van der Waals surface area contributed by atoms with Gasteiger partial charge in [0.05, 0.1) is 5.69 Å². The van der Waals surface area contributed by atoms with Crippen molar-refractivity contribution in [2.75, 3.05) is 18.2 Å². The molecule has 0 radical (unpaired) electrons. The third kappa shape index (κ3) is 4.85. The van der Waals surface area contributed by atoms with E-state index in [0.717, 1.165) is 5.69 Å². The van der Waals surface area contributed by atoms with E-state index in [1.54, 1.807) is 4.68 Å². The highest BCUT2D eigenvalue weighted by molar-refractivity contribution is 7.98. The highest BCUT2D eigenvalue weighted by Crippen LogP contribution is 2.21. The standard InChI is InChI=1S/C19H21N5O2S/c1-13(2)14-6-4-9-17(10-14)26-12-18(25)20-15-7-5-8-16(11-15)24-19(27-3)21-22-23-24/h4-11,13H,12H2,1-3H3,(H,20,25). The Morgan fingerprint density at radius 2 is 2.04 bits per heavy atom. The Morgan fingerprint density at radius 3 is 2.81 bits per heavy atom. The van der Waals surface area contributed by atoms with Crippen LogP contribution in [-0.4, -0.2) is 39.0 Å². The minimum absolute atomic E-state index is 0.0628. The maximum atomic E-state index is 12.2. The van der Waals surface area contributed by atoms with Gasteiger partial charge in [-0.3, -0.25) is 4.79 Å². The van der Waals surface area contributed by atoms with Crippen molar-refractivity contribution >= 4 is 23.4 Å². The zero-order chi connectivity index (χ0) is 19.2. The molecule has 0 saturated carbocycles. The number of anilines is 1. The molecule has 27 heavy (non-hydrogen) atoms. The van der Waals surface area contributed by atoms with Gasteiger partial charge < -0.3 is 10.1 Å². The van der Waals surface area contributed by atoms with Crippen LogP contribution in [0.25, 0.3) is 5.69 Å². The van der Waals surface area contributed by atoms with Gasteiger partial charge in [-0.25, -0.2) is 0 Å². The fourth-order valence-corrected chi connectivity index (χ4v) is 2.93. The van der Waals surface area contributed by atoms with Gasteiger partial charge in [-0.1, -0.05) is 43.8 Å². The summed E-state index contributed by atoms with van der Waals surface area (Å²) in [6, 6.07) is 15.1. The highest BCUT2D eigenvalue weighted by atomic mass is 32.2. The van der Waals surface area contributed by atoms with Crippen LogP contribution in [0.15, 0.2) is 53.7 Å². The largest absolute Gasteiger partial charge is 0.484 e. The molecule has 0 unspecified atom stereocenters. The molecule has 0 spiro atoms. The number of nitrogens with zero attached hydrogens (tertiary/aromatic N) is 4. The lowest BCUT2D eigenvalue weighted by molar-refractivity contribution is -0.118. The first-order chi connectivity index (χ1) is 13.1. The second-order valence-electron chi connectivity index (χ2n) is 6.19. The first kappa shape index (κ1) is 18.9. The minimum Gasteiger partial charge on any atom is -0.484 e. The van der Waals surface area contributed by atoms with Crippen molar-refractivity contribution in [3.05, 3.63) is 54.1 Å². The Balaban J connectivity index is 1.63. The third-order valence-corrected chi connectivity index (χ3v) is 4.51. The van der Waals surface area contributed by atoms with Crippen LogP contribution >= 0.6 is 11.8 Å². The van der Waals surface area contributed by atoms with E-state index in [4.69, 9.17) is 4.74 Å². The quantitative estimate of drug-likeness (QED) is 0.629. The summed E-state index contributed by atoms with van der Waals surface area (Å²) >= 11 is 1.44. The van der Waals surface area contributed by atoms with Gasteiger partial charge in [0.15, 0.2) is 6.61 Å². The van der Waals surface area contributed by atoms with E-state index in [1.165, 1.54) is 17.3 Å². The molecule has 1 amide bonds. The molecular formula is C19H21N5O2S. The van der Waals surface area contributed by atoms with Crippen molar-refractivity contribution in [1.29, 1.82) is 0 Å². The van der Waals surface area contributed by atoms with Crippen LogP contribution in [0.4, 0.5) is 5.69 Å². The van der Waals surface area contributed by atoms with Gasteiger partial charge in [-0.15, -0.1) is 5.10 Å². The molecule has 0 saturated heterocycles. The molecule has 3 aromatic rings. The molecule has 2 aromatic carbocycles. The second-order valence-corrected chi connectivity index (χ2v) is 6.97. The summed E-state index contributed by atoms with van der Waals surface area (Å²) in [5.74, 6) is 0.856. The predicted molar refractivity (Wildman–Crippen MR) is 106 cm³/mol. The van der Waals surface area contributed by atoms with Gasteiger partial charge in [-0.05, 0) is 58.5 Å². The summed E-state index contributed by atoms with van der Waals surface area (Å²) in [5.41, 5.74) is 2.60. The summed E-state index contributed by atoms with van der Waals surface area (Å²) < 4.78 is 7.24. The fraction of sp³-hybridized carbons (Fsp3) is 0.263. The number of thioether (sulfide) groups is 1. The number of rotatable bonds is 7. The SMILES string of the molecule is CSc1nnnn1-c1cccc(NC(=O)COc2cccc(C(C)C)c2)c1. The van der Waals surface area contributed by atoms with Crippen LogP contribution in [0.5, 0.6) is 5.75 Å². The number of carbonyl (C=O) groups excluding carboxylic acids is 1. The number of hydrogen-bond donors (Lipinski definition) is 1. The lowest BCUT2D eigenvalue weighted by Gasteiger charge is -2.11. The number of carbonyl (C=O) groups is 1. The lowest BCUT2D eigenvalue weighted by atomic mass is 10.0. The molecule has 1 aromatic heterocycles. The minimum atomic E-state index is -0.232. The van der Waals surface area contributed by atoms with Crippen LogP contribution in [0.3, 0.4) is 0 Å². The smallest absolute Gasteiger partial charge is 0.262 e. The maximum Gasteiger partial charge on any atom is 0.262 e. The molecular weight excluding hydrogens is 362 g/mol. The molecule has 1 heterocycles. The zero-order valence-electron chi connectivity index (χ0n) is 15.4. The van der Waals surface area contributed by atoms with E-state index in [9.17, 15) is 4.79 Å². The molecule has 140 valence electrons. The molecule has 0 aliphatic carbocycles. The van der Waals surface area contributed by atoms with E-state index in [2.05, 4.69) is 34.7 Å². The van der Waals surface area contributed by atoms with Crippen LogP contribution in [-0.2, 0) is 4.79 Å². The Labute approximate surface area is 162 Å². The average Bonchev–Trinajstić information content (AvgIpc) is 3.16. The number of aromatic nitrogens is 4. The summed E-state index contributed by atoms with van der Waals surface area (Å²) in [6.45, 7) is 4.17. The topological polar surface area (TPSA) is 81.9 Å². The van der Waals surface area contributed by atoms with Gasteiger partial charge in [0.25, 0.3) is 5.91 Å². The first-order valence-corrected chi connectivity index (χ1v) is 9.74. The van der Waals surface area contributed by atoms with Crippen molar-refractivity contribution in [2.24, 2.45) is 0 Å². The zero-order valence-corrected chi connectivity index (χ0v) is 16.2. The number of hydrogen-bond acceptors (Lipinski definition) is 6. The molecule has 0 atom stereocenters. The summed E-state index contributed by atoms with van der Waals surface area (Å²) in [4.78, 5) is 12.2. The van der Waals surface area contributed by atoms with Crippen molar-refractivity contribution in [3.63, 3.8) is 0 Å². The van der Waals surface area contributed by atoms with Crippen molar-refractivity contribution in [1.82, 2.24) is 20.2 Å². The molecule has 0 fully saturated rings. The van der Waals surface area contributed by atoms with Crippen LogP contribution in [0.1, 0.15) is 25.3 Å². The van der Waals surface area contributed by atoms with E-state index in [-0.39, 0.29) is 12.5 Å².